The van der Waals surface area contributed by atoms with Gasteiger partial charge in [0.05, 0.1) is 20.9 Å². The Labute approximate surface area is 124 Å². The summed E-state index contributed by atoms with van der Waals surface area (Å²) in [6, 6.07) is 9.25. The minimum atomic E-state index is -0.340. The molecule has 0 atom stereocenters. The van der Waals surface area contributed by atoms with Crippen LogP contribution >= 0.6 is 22.9 Å². The Kier molecular flexibility index (Phi) is 3.23. The van der Waals surface area contributed by atoms with Crippen molar-refractivity contribution in [2.75, 3.05) is 12.4 Å². The molecule has 2 heterocycles. The molecule has 0 aliphatic heterocycles. The van der Waals surface area contributed by atoms with Crippen LogP contribution in [0, 0.1) is 6.92 Å². The van der Waals surface area contributed by atoms with Gasteiger partial charge in [-0.2, -0.15) is 4.98 Å². The normalized spacial score (nSPS) is 10.9. The molecule has 20 heavy (non-hydrogen) atoms. The molecule has 4 nitrogen and oxygen atoms in total. The maximum Gasteiger partial charge on any atom is 0.354 e. The Morgan fingerprint density at radius 1 is 1.35 bits per heavy atom. The van der Waals surface area contributed by atoms with E-state index in [1.807, 2.05) is 31.2 Å². The van der Waals surface area contributed by atoms with Crippen LogP contribution in [0.1, 0.15) is 4.88 Å². The first-order chi connectivity index (χ1) is 9.61. The van der Waals surface area contributed by atoms with Gasteiger partial charge in [-0.25, -0.2) is 4.79 Å². The number of hydrogen-bond donors (Lipinski definition) is 1. The third-order valence-corrected chi connectivity index (χ3v) is 4.39. The summed E-state index contributed by atoms with van der Waals surface area (Å²) in [7, 11) is 1.76. The van der Waals surface area contributed by atoms with Crippen molar-refractivity contribution in [3.05, 3.63) is 50.7 Å². The molecule has 3 rings (SSSR count). The molecule has 0 amide bonds. The summed E-state index contributed by atoms with van der Waals surface area (Å²) in [5, 5.41) is 3.50. The second-order valence-electron chi connectivity index (χ2n) is 4.35. The van der Waals surface area contributed by atoms with Crippen LogP contribution in [0.15, 0.2) is 35.1 Å². The number of nitrogens with zero attached hydrogens (tertiary/aromatic N) is 2. The topological polar surface area (TPSA) is 46.9 Å². The molecule has 0 aliphatic rings. The van der Waals surface area contributed by atoms with Gasteiger partial charge in [-0.3, -0.25) is 4.57 Å². The standard InChI is InChI=1S/C14H12ClN3OS/c1-8-7-11-12(20-8)13(16-2)17-14(19)18(11)10-6-4-3-5-9(10)15/h3-7H,1-2H3,(H,16,17,19). The summed E-state index contributed by atoms with van der Waals surface area (Å²) in [5.74, 6) is 0.603. The summed E-state index contributed by atoms with van der Waals surface area (Å²) < 4.78 is 2.51. The van der Waals surface area contributed by atoms with Gasteiger partial charge < -0.3 is 5.32 Å². The smallest absolute Gasteiger partial charge is 0.354 e. The fourth-order valence-corrected chi connectivity index (χ4v) is 3.38. The maximum absolute atomic E-state index is 12.3. The lowest BCUT2D eigenvalue weighted by Gasteiger charge is -2.10. The molecule has 6 heteroatoms. The highest BCUT2D eigenvalue weighted by molar-refractivity contribution is 7.19. The van der Waals surface area contributed by atoms with Crippen LogP contribution in [-0.4, -0.2) is 16.6 Å². The molecule has 102 valence electrons. The second-order valence-corrected chi connectivity index (χ2v) is 6.01. The average molecular weight is 306 g/mol. The van der Waals surface area contributed by atoms with Gasteiger partial charge in [0.1, 0.15) is 0 Å². The second kappa shape index (κ2) is 4.92. The van der Waals surface area contributed by atoms with Gasteiger partial charge >= 0.3 is 5.69 Å². The molecule has 0 unspecified atom stereocenters. The molecule has 0 radical (unpaired) electrons. The van der Waals surface area contributed by atoms with Crippen molar-refractivity contribution >= 4 is 39.0 Å². The van der Waals surface area contributed by atoms with Crippen LogP contribution < -0.4 is 11.0 Å². The number of aromatic nitrogens is 2. The number of nitrogens with one attached hydrogen (secondary N) is 1. The largest absolute Gasteiger partial charge is 0.372 e. The maximum atomic E-state index is 12.3. The van der Waals surface area contributed by atoms with E-state index in [2.05, 4.69) is 10.3 Å². The van der Waals surface area contributed by atoms with E-state index in [1.54, 1.807) is 29.0 Å². The highest BCUT2D eigenvalue weighted by Gasteiger charge is 2.15. The first kappa shape index (κ1) is 13.1. The summed E-state index contributed by atoms with van der Waals surface area (Å²) >= 11 is 7.81. The average Bonchev–Trinajstić information content (AvgIpc) is 2.80. The highest BCUT2D eigenvalue weighted by atomic mass is 35.5. The number of anilines is 1. The third-order valence-electron chi connectivity index (χ3n) is 3.02. The first-order valence-electron chi connectivity index (χ1n) is 6.07. The number of benzene rings is 1. The quantitative estimate of drug-likeness (QED) is 0.789. The number of rotatable bonds is 2. The lowest BCUT2D eigenvalue weighted by Crippen LogP contribution is -2.22. The van der Waals surface area contributed by atoms with Crippen LogP contribution in [0.4, 0.5) is 5.82 Å². The molecule has 0 saturated heterocycles. The molecule has 0 bridgehead atoms. The Balaban J connectivity index is 2.45. The number of hydrogen-bond acceptors (Lipinski definition) is 4. The molecule has 2 aromatic heterocycles. The van der Waals surface area contributed by atoms with Crippen molar-refractivity contribution in [1.82, 2.24) is 9.55 Å². The van der Waals surface area contributed by atoms with Crippen molar-refractivity contribution < 1.29 is 0 Å². The molecular weight excluding hydrogens is 294 g/mol. The minimum Gasteiger partial charge on any atom is -0.372 e. The number of aryl methyl sites for hydroxylation is 1. The summed E-state index contributed by atoms with van der Waals surface area (Å²) in [6.07, 6.45) is 0. The SMILES string of the molecule is CNc1nc(=O)n(-c2ccccc2Cl)c2cc(C)sc12. The summed E-state index contributed by atoms with van der Waals surface area (Å²) in [5.41, 5.74) is 1.13. The Hall–Kier alpha value is -1.85. The monoisotopic (exact) mass is 305 g/mol. The van der Waals surface area contributed by atoms with Crippen LogP contribution in [0.2, 0.25) is 5.02 Å². The fourth-order valence-electron chi connectivity index (χ4n) is 2.17. The Morgan fingerprint density at radius 3 is 2.80 bits per heavy atom. The first-order valence-corrected chi connectivity index (χ1v) is 7.27. The van der Waals surface area contributed by atoms with Gasteiger partial charge in [-0.15, -0.1) is 11.3 Å². The van der Waals surface area contributed by atoms with E-state index in [-0.39, 0.29) is 5.69 Å². The van der Waals surface area contributed by atoms with Crippen molar-refractivity contribution in [3.63, 3.8) is 0 Å². The van der Waals surface area contributed by atoms with Gasteiger partial charge in [0.2, 0.25) is 0 Å². The molecular formula is C14H12ClN3OS. The van der Waals surface area contributed by atoms with Crippen molar-refractivity contribution in [2.24, 2.45) is 0 Å². The lowest BCUT2D eigenvalue weighted by molar-refractivity contribution is 0.964. The van der Waals surface area contributed by atoms with E-state index in [9.17, 15) is 4.79 Å². The zero-order valence-corrected chi connectivity index (χ0v) is 12.5. The zero-order valence-electron chi connectivity index (χ0n) is 11.0. The van der Waals surface area contributed by atoms with Crippen molar-refractivity contribution in [3.8, 4) is 5.69 Å². The van der Waals surface area contributed by atoms with E-state index in [4.69, 9.17) is 11.6 Å². The zero-order chi connectivity index (χ0) is 14.3. The van der Waals surface area contributed by atoms with E-state index in [0.717, 1.165) is 15.1 Å². The molecule has 3 aromatic rings. The summed E-state index contributed by atoms with van der Waals surface area (Å²) in [6.45, 7) is 2.01. The molecule has 1 aromatic carbocycles. The van der Waals surface area contributed by atoms with Gasteiger partial charge in [0.15, 0.2) is 5.82 Å². The predicted octanol–water partition coefficient (Wildman–Crippen LogP) is 3.45. The lowest BCUT2D eigenvalue weighted by atomic mass is 10.3. The van der Waals surface area contributed by atoms with Crippen LogP contribution in [0.3, 0.4) is 0 Å². The van der Waals surface area contributed by atoms with E-state index < -0.39 is 0 Å². The van der Waals surface area contributed by atoms with Crippen molar-refractivity contribution in [1.29, 1.82) is 0 Å². The van der Waals surface area contributed by atoms with Gasteiger partial charge in [-0.1, -0.05) is 23.7 Å². The predicted molar refractivity (Wildman–Crippen MR) is 84.5 cm³/mol. The molecule has 0 saturated carbocycles. The Morgan fingerprint density at radius 2 is 2.10 bits per heavy atom. The van der Waals surface area contributed by atoms with Crippen LogP contribution in [0.5, 0.6) is 0 Å². The number of para-hydroxylation sites is 1. The Bertz CT molecular complexity index is 853. The van der Waals surface area contributed by atoms with E-state index in [0.29, 0.717) is 16.5 Å². The molecule has 0 spiro atoms. The van der Waals surface area contributed by atoms with Crippen LogP contribution in [-0.2, 0) is 0 Å². The van der Waals surface area contributed by atoms with Gasteiger partial charge in [-0.05, 0) is 25.1 Å². The number of thiophene rings is 1. The van der Waals surface area contributed by atoms with E-state index >= 15 is 0 Å². The third kappa shape index (κ3) is 1.99. The number of fused-ring (bicyclic) bond motifs is 1. The van der Waals surface area contributed by atoms with Gasteiger partial charge in [0.25, 0.3) is 0 Å². The fraction of sp³-hybridized carbons (Fsp3) is 0.143. The highest BCUT2D eigenvalue weighted by Crippen LogP contribution is 2.31. The van der Waals surface area contributed by atoms with Gasteiger partial charge in [0, 0.05) is 11.9 Å². The van der Waals surface area contributed by atoms with E-state index in [1.165, 1.54) is 0 Å². The minimum absolute atomic E-state index is 0.340. The summed E-state index contributed by atoms with van der Waals surface area (Å²) in [4.78, 5) is 17.5. The molecule has 1 N–H and O–H groups in total. The molecule has 0 fully saturated rings. The number of halogens is 1. The van der Waals surface area contributed by atoms with Crippen molar-refractivity contribution in [2.45, 2.75) is 6.92 Å². The molecule has 0 aliphatic carbocycles. The van der Waals surface area contributed by atoms with Crippen LogP contribution in [0.25, 0.3) is 15.9 Å².